The van der Waals surface area contributed by atoms with Crippen LogP contribution < -0.4 is 14.8 Å². The van der Waals surface area contributed by atoms with E-state index in [4.69, 9.17) is 9.47 Å². The summed E-state index contributed by atoms with van der Waals surface area (Å²) in [4.78, 5) is 0. The van der Waals surface area contributed by atoms with E-state index in [1.807, 2.05) is 12.1 Å². The van der Waals surface area contributed by atoms with Crippen LogP contribution in [-0.2, 0) is 13.1 Å². The Morgan fingerprint density at radius 3 is 1.56 bits per heavy atom. The first-order chi connectivity index (χ1) is 12.3. The van der Waals surface area contributed by atoms with Gasteiger partial charge in [-0.3, -0.25) is 0 Å². The van der Waals surface area contributed by atoms with Gasteiger partial charge in [-0.1, -0.05) is 63.1 Å². The van der Waals surface area contributed by atoms with E-state index in [0.717, 1.165) is 63.5 Å². The number of benzene rings is 2. The number of nitrogens with one attached hydrogen (secondary N) is 1. The highest BCUT2D eigenvalue weighted by molar-refractivity contribution is 5.35. The molecule has 0 spiro atoms. The van der Waals surface area contributed by atoms with E-state index < -0.39 is 0 Å². The zero-order valence-electron chi connectivity index (χ0n) is 15.6. The van der Waals surface area contributed by atoms with Crippen molar-refractivity contribution in [3.63, 3.8) is 0 Å². The third kappa shape index (κ3) is 6.79. The normalized spacial score (nSPS) is 10.6. The molecular formula is C22H31NO2. The zero-order chi connectivity index (χ0) is 17.7. The van der Waals surface area contributed by atoms with Crippen LogP contribution in [0.4, 0.5) is 0 Å². The lowest BCUT2D eigenvalue weighted by Gasteiger charge is -2.14. The van der Waals surface area contributed by atoms with Crippen LogP contribution in [0.2, 0.25) is 0 Å². The largest absolute Gasteiger partial charge is 0.493 e. The van der Waals surface area contributed by atoms with E-state index in [1.54, 1.807) is 0 Å². The van der Waals surface area contributed by atoms with Crippen LogP contribution in [0.1, 0.15) is 50.7 Å². The summed E-state index contributed by atoms with van der Waals surface area (Å²) < 4.78 is 11.8. The number of ether oxygens (including phenoxy) is 2. The summed E-state index contributed by atoms with van der Waals surface area (Å²) in [6.45, 7) is 7.48. The van der Waals surface area contributed by atoms with E-state index in [1.165, 1.54) is 11.1 Å². The van der Waals surface area contributed by atoms with Gasteiger partial charge in [0.15, 0.2) is 0 Å². The molecule has 0 heterocycles. The highest BCUT2D eigenvalue weighted by Gasteiger charge is 2.05. The second kappa shape index (κ2) is 11.5. The molecule has 0 aliphatic carbocycles. The fourth-order valence-corrected chi connectivity index (χ4v) is 2.57. The van der Waals surface area contributed by atoms with Crippen LogP contribution >= 0.6 is 0 Å². The lowest BCUT2D eigenvalue weighted by atomic mass is 10.1. The predicted octanol–water partition coefficient (Wildman–Crippen LogP) is 5.33. The lowest BCUT2D eigenvalue weighted by molar-refractivity contribution is 0.303. The van der Waals surface area contributed by atoms with E-state index in [-0.39, 0.29) is 0 Å². The highest BCUT2D eigenvalue weighted by Crippen LogP contribution is 2.20. The maximum atomic E-state index is 5.90. The molecular weight excluding hydrogens is 310 g/mol. The highest BCUT2D eigenvalue weighted by atomic mass is 16.5. The molecule has 0 saturated heterocycles. The second-order valence-electron chi connectivity index (χ2n) is 6.22. The molecule has 0 aliphatic rings. The number of rotatable bonds is 12. The van der Waals surface area contributed by atoms with Crippen molar-refractivity contribution >= 4 is 0 Å². The van der Waals surface area contributed by atoms with Gasteiger partial charge in [-0.05, 0) is 25.0 Å². The molecule has 0 amide bonds. The number of hydrogen-bond acceptors (Lipinski definition) is 3. The molecule has 136 valence electrons. The molecule has 0 atom stereocenters. The molecule has 0 radical (unpaired) electrons. The molecule has 25 heavy (non-hydrogen) atoms. The van der Waals surface area contributed by atoms with E-state index >= 15 is 0 Å². The molecule has 0 fully saturated rings. The molecule has 3 nitrogen and oxygen atoms in total. The van der Waals surface area contributed by atoms with Gasteiger partial charge >= 0.3 is 0 Å². The predicted molar refractivity (Wildman–Crippen MR) is 104 cm³/mol. The lowest BCUT2D eigenvalue weighted by Crippen LogP contribution is -2.15. The summed E-state index contributed by atoms with van der Waals surface area (Å²) in [7, 11) is 0. The monoisotopic (exact) mass is 341 g/mol. The fraction of sp³-hybridized carbons (Fsp3) is 0.455. The van der Waals surface area contributed by atoms with Crippen molar-refractivity contribution in [1.29, 1.82) is 0 Å². The second-order valence-corrected chi connectivity index (χ2v) is 6.22. The number of unbranched alkanes of at least 4 members (excludes halogenated alkanes) is 2. The van der Waals surface area contributed by atoms with Crippen molar-refractivity contribution in [1.82, 2.24) is 5.32 Å². The van der Waals surface area contributed by atoms with Crippen LogP contribution in [0.15, 0.2) is 48.5 Å². The summed E-state index contributed by atoms with van der Waals surface area (Å²) in [5, 5.41) is 3.52. The van der Waals surface area contributed by atoms with Crippen LogP contribution in [0.3, 0.4) is 0 Å². The maximum Gasteiger partial charge on any atom is 0.123 e. The minimum Gasteiger partial charge on any atom is -0.493 e. The standard InChI is InChI=1S/C22H31NO2/c1-3-5-15-24-21-13-9-7-11-19(21)17-23-18-20-12-8-10-14-22(20)25-16-6-4-2/h7-14,23H,3-6,15-18H2,1-2H3. The topological polar surface area (TPSA) is 30.5 Å². The van der Waals surface area contributed by atoms with Crippen molar-refractivity contribution in [3.05, 3.63) is 59.7 Å². The van der Waals surface area contributed by atoms with Crippen molar-refractivity contribution in [2.75, 3.05) is 13.2 Å². The van der Waals surface area contributed by atoms with Crippen molar-refractivity contribution in [3.8, 4) is 11.5 Å². The molecule has 2 aromatic rings. The summed E-state index contributed by atoms with van der Waals surface area (Å²) in [6.07, 6.45) is 4.47. The Morgan fingerprint density at radius 1 is 0.680 bits per heavy atom. The van der Waals surface area contributed by atoms with Gasteiger partial charge in [-0.2, -0.15) is 0 Å². The molecule has 2 rings (SSSR count). The first kappa shape index (κ1) is 19.3. The Morgan fingerprint density at radius 2 is 1.12 bits per heavy atom. The van der Waals surface area contributed by atoms with Crippen LogP contribution in [0.5, 0.6) is 11.5 Å². The Labute approximate surface area is 152 Å². The summed E-state index contributed by atoms with van der Waals surface area (Å²) >= 11 is 0. The van der Waals surface area contributed by atoms with Gasteiger partial charge in [0, 0.05) is 24.2 Å². The minimum atomic E-state index is 0.779. The Kier molecular flexibility index (Phi) is 8.92. The smallest absolute Gasteiger partial charge is 0.123 e. The molecule has 2 aromatic carbocycles. The first-order valence-electron chi connectivity index (χ1n) is 9.47. The Hall–Kier alpha value is -2.00. The molecule has 3 heteroatoms. The third-order valence-corrected chi connectivity index (χ3v) is 4.09. The van der Waals surface area contributed by atoms with Gasteiger partial charge in [-0.15, -0.1) is 0 Å². The van der Waals surface area contributed by atoms with Gasteiger partial charge in [0.25, 0.3) is 0 Å². The SMILES string of the molecule is CCCCOc1ccccc1CNCc1ccccc1OCCCC. The number of para-hydroxylation sites is 2. The Balaban J connectivity index is 1.88. The molecule has 0 aliphatic heterocycles. The molecule has 1 N–H and O–H groups in total. The zero-order valence-corrected chi connectivity index (χ0v) is 15.6. The van der Waals surface area contributed by atoms with Gasteiger partial charge in [0.2, 0.25) is 0 Å². The maximum absolute atomic E-state index is 5.90. The first-order valence-corrected chi connectivity index (χ1v) is 9.47. The quantitative estimate of drug-likeness (QED) is 0.529. The minimum absolute atomic E-state index is 0.779. The van der Waals surface area contributed by atoms with E-state index in [9.17, 15) is 0 Å². The van der Waals surface area contributed by atoms with Crippen molar-refractivity contribution in [2.45, 2.75) is 52.6 Å². The van der Waals surface area contributed by atoms with Crippen LogP contribution in [0, 0.1) is 0 Å². The van der Waals surface area contributed by atoms with Gasteiger partial charge in [0.05, 0.1) is 13.2 Å². The molecule has 0 unspecified atom stereocenters. The van der Waals surface area contributed by atoms with E-state index in [0.29, 0.717) is 0 Å². The average molecular weight is 341 g/mol. The van der Waals surface area contributed by atoms with Gasteiger partial charge in [-0.25, -0.2) is 0 Å². The van der Waals surface area contributed by atoms with Crippen LogP contribution in [0.25, 0.3) is 0 Å². The molecule has 0 saturated carbocycles. The molecule has 0 bridgehead atoms. The van der Waals surface area contributed by atoms with E-state index in [2.05, 4.69) is 55.6 Å². The van der Waals surface area contributed by atoms with Gasteiger partial charge in [0.1, 0.15) is 11.5 Å². The Bertz CT molecular complexity index is 559. The fourth-order valence-electron chi connectivity index (χ4n) is 2.57. The number of hydrogen-bond donors (Lipinski definition) is 1. The van der Waals surface area contributed by atoms with Crippen molar-refractivity contribution < 1.29 is 9.47 Å². The third-order valence-electron chi connectivity index (χ3n) is 4.09. The average Bonchev–Trinajstić information content (AvgIpc) is 2.64. The summed E-state index contributed by atoms with van der Waals surface area (Å²) in [6, 6.07) is 16.5. The summed E-state index contributed by atoms with van der Waals surface area (Å²) in [5.74, 6) is 1.96. The molecule has 0 aromatic heterocycles. The van der Waals surface area contributed by atoms with Gasteiger partial charge < -0.3 is 14.8 Å². The van der Waals surface area contributed by atoms with Crippen molar-refractivity contribution in [2.24, 2.45) is 0 Å². The van der Waals surface area contributed by atoms with Crippen LogP contribution in [-0.4, -0.2) is 13.2 Å². The summed E-state index contributed by atoms with van der Waals surface area (Å²) in [5.41, 5.74) is 2.39.